The van der Waals surface area contributed by atoms with E-state index in [0.29, 0.717) is 0 Å². The van der Waals surface area contributed by atoms with E-state index in [1.165, 1.54) is 6.42 Å². The van der Waals surface area contributed by atoms with Gasteiger partial charge in [0.1, 0.15) is 5.69 Å². The maximum atomic E-state index is 4.23. The number of aromatic nitrogens is 3. The monoisotopic (exact) mass is 431 g/mol. The summed E-state index contributed by atoms with van der Waals surface area (Å²) in [5, 5.41) is 4.21. The largest absolute Gasteiger partial charge is 0.234 e. The van der Waals surface area contributed by atoms with Crippen molar-refractivity contribution in [2.45, 2.75) is 61.8 Å². The SMILES string of the molecule is C(#Cc1cnc2cccnn12)c1ccccc1.CC.CC.CC.CCC.c1ccccc1. The molecule has 0 saturated carbocycles. The van der Waals surface area contributed by atoms with E-state index in [-0.39, 0.29) is 0 Å². The summed E-state index contributed by atoms with van der Waals surface area (Å²) in [4.78, 5) is 4.23. The fourth-order valence-electron chi connectivity index (χ4n) is 1.96. The van der Waals surface area contributed by atoms with Crippen molar-refractivity contribution in [2.75, 3.05) is 0 Å². The van der Waals surface area contributed by atoms with Crippen LogP contribution in [0, 0.1) is 11.8 Å². The molecular weight excluding hydrogens is 390 g/mol. The molecule has 0 saturated heterocycles. The summed E-state index contributed by atoms with van der Waals surface area (Å²) in [6.07, 6.45) is 4.71. The van der Waals surface area contributed by atoms with Crippen molar-refractivity contribution in [1.29, 1.82) is 0 Å². The van der Waals surface area contributed by atoms with Gasteiger partial charge in [-0.1, -0.05) is 122 Å². The lowest BCUT2D eigenvalue weighted by Gasteiger charge is -1.91. The number of hydrogen-bond donors (Lipinski definition) is 0. The Kier molecular flexibility index (Phi) is 23.0. The highest BCUT2D eigenvalue weighted by Gasteiger charge is 1.98. The van der Waals surface area contributed by atoms with Crippen LogP contribution < -0.4 is 0 Å². The van der Waals surface area contributed by atoms with Crippen LogP contribution in [-0.2, 0) is 0 Å². The summed E-state index contributed by atoms with van der Waals surface area (Å²) in [5.41, 5.74) is 2.59. The molecule has 4 aromatic rings. The maximum absolute atomic E-state index is 4.23. The van der Waals surface area contributed by atoms with Crippen molar-refractivity contribution in [3.8, 4) is 11.8 Å². The quantitative estimate of drug-likeness (QED) is 0.262. The Morgan fingerprint density at radius 3 is 1.62 bits per heavy atom. The van der Waals surface area contributed by atoms with Crippen molar-refractivity contribution in [2.24, 2.45) is 0 Å². The predicted molar refractivity (Wildman–Crippen MR) is 142 cm³/mol. The molecule has 0 aliphatic rings. The second kappa shape index (κ2) is 23.9. The van der Waals surface area contributed by atoms with Crippen LogP contribution in [0.2, 0.25) is 0 Å². The summed E-state index contributed by atoms with van der Waals surface area (Å²) >= 11 is 0. The summed E-state index contributed by atoms with van der Waals surface area (Å²) in [6, 6.07) is 25.6. The van der Waals surface area contributed by atoms with Gasteiger partial charge in [-0.25, -0.2) is 9.50 Å². The fourth-order valence-corrected chi connectivity index (χ4v) is 1.96. The Balaban J connectivity index is 0. The van der Waals surface area contributed by atoms with E-state index in [4.69, 9.17) is 0 Å². The third-order valence-electron chi connectivity index (χ3n) is 3.05. The van der Waals surface area contributed by atoms with E-state index in [0.717, 1.165) is 16.9 Å². The van der Waals surface area contributed by atoms with Crippen LogP contribution in [0.1, 0.15) is 73.1 Å². The Labute approximate surface area is 196 Å². The van der Waals surface area contributed by atoms with E-state index < -0.39 is 0 Å². The molecular formula is C29H41N3. The van der Waals surface area contributed by atoms with E-state index in [1.807, 2.05) is 120 Å². The van der Waals surface area contributed by atoms with Gasteiger partial charge >= 0.3 is 0 Å². The Bertz CT molecular complexity index is 907. The first-order chi connectivity index (χ1) is 15.8. The predicted octanol–water partition coefficient (Wildman–Crippen LogP) is 8.31. The topological polar surface area (TPSA) is 30.2 Å². The van der Waals surface area contributed by atoms with Crippen molar-refractivity contribution in [3.05, 3.63) is 103 Å². The van der Waals surface area contributed by atoms with Crippen LogP contribution in [-0.4, -0.2) is 14.6 Å². The molecule has 0 unspecified atom stereocenters. The number of benzene rings is 2. The van der Waals surface area contributed by atoms with Crippen LogP contribution in [0.5, 0.6) is 0 Å². The zero-order valence-corrected chi connectivity index (χ0v) is 21.2. The minimum absolute atomic E-state index is 0.796. The molecule has 0 radical (unpaired) electrons. The lowest BCUT2D eigenvalue weighted by atomic mass is 10.2. The van der Waals surface area contributed by atoms with Crippen LogP contribution in [0.4, 0.5) is 0 Å². The molecule has 3 nitrogen and oxygen atoms in total. The minimum atomic E-state index is 0.796. The molecule has 0 aliphatic heterocycles. The lowest BCUT2D eigenvalue weighted by Crippen LogP contribution is -1.92. The normalized spacial score (nSPS) is 7.88. The highest BCUT2D eigenvalue weighted by molar-refractivity contribution is 5.45. The van der Waals surface area contributed by atoms with Crippen LogP contribution in [0.15, 0.2) is 91.3 Å². The summed E-state index contributed by atoms with van der Waals surface area (Å²) in [5.74, 6) is 6.16. The van der Waals surface area contributed by atoms with Gasteiger partial charge < -0.3 is 0 Å². The van der Waals surface area contributed by atoms with Crippen LogP contribution in [0.3, 0.4) is 0 Å². The molecule has 2 aromatic heterocycles. The molecule has 2 aromatic carbocycles. The number of imidazole rings is 1. The highest BCUT2D eigenvalue weighted by atomic mass is 15.2. The minimum Gasteiger partial charge on any atom is -0.234 e. The Morgan fingerprint density at radius 2 is 1.12 bits per heavy atom. The van der Waals surface area contributed by atoms with Gasteiger partial charge in [0.05, 0.1) is 6.20 Å². The van der Waals surface area contributed by atoms with Gasteiger partial charge in [0.25, 0.3) is 0 Å². The molecule has 0 amide bonds. The lowest BCUT2D eigenvalue weighted by molar-refractivity contribution is 0.923. The van der Waals surface area contributed by atoms with Crippen molar-refractivity contribution >= 4 is 5.65 Å². The highest BCUT2D eigenvalue weighted by Crippen LogP contribution is 2.03. The first-order valence-corrected chi connectivity index (χ1v) is 11.7. The molecule has 0 fully saturated rings. The standard InChI is InChI=1S/C14H9N3.C6H6.C3H8.3C2H6/c1-2-5-12(6-3-1)8-9-13-11-15-14-7-4-10-16-17(13)14;1-2-4-6-5-3-1;1-3-2;3*1-2/h1-7,10-11H;1-6H;3H2,1-2H3;3*1-2H3. The zero-order valence-electron chi connectivity index (χ0n) is 21.2. The van der Waals surface area contributed by atoms with Gasteiger partial charge in [0.15, 0.2) is 5.65 Å². The molecule has 32 heavy (non-hydrogen) atoms. The molecule has 4 rings (SSSR count). The van der Waals surface area contributed by atoms with Crippen LogP contribution >= 0.6 is 0 Å². The molecule has 0 aliphatic carbocycles. The third-order valence-corrected chi connectivity index (χ3v) is 3.05. The van der Waals surface area contributed by atoms with Gasteiger partial charge in [0.2, 0.25) is 0 Å². The maximum Gasteiger partial charge on any atom is 0.154 e. The van der Waals surface area contributed by atoms with Gasteiger partial charge in [-0.2, -0.15) is 5.10 Å². The number of rotatable bonds is 0. The number of nitrogens with zero attached hydrogens (tertiary/aromatic N) is 3. The average molecular weight is 432 g/mol. The van der Waals surface area contributed by atoms with E-state index in [1.54, 1.807) is 16.9 Å². The molecule has 0 bridgehead atoms. The van der Waals surface area contributed by atoms with Crippen molar-refractivity contribution < 1.29 is 0 Å². The third kappa shape index (κ3) is 13.8. The Morgan fingerprint density at radius 1 is 0.656 bits per heavy atom. The van der Waals surface area contributed by atoms with E-state index >= 15 is 0 Å². The Hall–Kier alpha value is -3.38. The van der Waals surface area contributed by atoms with Crippen molar-refractivity contribution in [3.63, 3.8) is 0 Å². The van der Waals surface area contributed by atoms with Crippen molar-refractivity contribution in [1.82, 2.24) is 14.6 Å². The first-order valence-electron chi connectivity index (χ1n) is 11.7. The first kappa shape index (κ1) is 30.8. The van der Waals surface area contributed by atoms with Gasteiger partial charge in [-0.05, 0) is 30.2 Å². The number of fused-ring (bicyclic) bond motifs is 1. The molecule has 172 valence electrons. The zero-order chi connectivity index (χ0) is 24.5. The van der Waals surface area contributed by atoms with Gasteiger partial charge in [-0.3, -0.25) is 0 Å². The van der Waals surface area contributed by atoms with Gasteiger partial charge in [-0.15, -0.1) is 0 Å². The molecule has 2 heterocycles. The van der Waals surface area contributed by atoms with E-state index in [9.17, 15) is 0 Å². The van der Waals surface area contributed by atoms with Gasteiger partial charge in [0, 0.05) is 11.8 Å². The second-order valence-electron chi connectivity index (χ2n) is 5.41. The summed E-state index contributed by atoms with van der Waals surface area (Å²) in [7, 11) is 0. The number of hydrogen-bond acceptors (Lipinski definition) is 2. The fraction of sp³-hybridized carbons (Fsp3) is 0.310. The summed E-state index contributed by atoms with van der Waals surface area (Å²) in [6.45, 7) is 16.2. The summed E-state index contributed by atoms with van der Waals surface area (Å²) < 4.78 is 1.73. The van der Waals surface area contributed by atoms with Crippen LogP contribution in [0.25, 0.3) is 5.65 Å². The molecule has 0 N–H and O–H groups in total. The molecule has 0 atom stereocenters. The molecule has 3 heteroatoms. The average Bonchev–Trinajstić information content (AvgIpc) is 3.32. The molecule has 0 spiro atoms. The second-order valence-corrected chi connectivity index (χ2v) is 5.41. The van der Waals surface area contributed by atoms with E-state index in [2.05, 4.69) is 35.8 Å². The smallest absolute Gasteiger partial charge is 0.154 e.